The van der Waals surface area contributed by atoms with Crippen molar-refractivity contribution in [2.45, 2.75) is 19.3 Å². The number of para-hydroxylation sites is 4. The summed E-state index contributed by atoms with van der Waals surface area (Å²) in [5.74, 6) is 1.76. The lowest BCUT2D eigenvalue weighted by molar-refractivity contribution is 0.423. The molecular formula is C51H32N2O3. The maximum absolute atomic E-state index is 7.30. The van der Waals surface area contributed by atoms with Crippen molar-refractivity contribution in [1.82, 2.24) is 9.13 Å². The lowest BCUT2D eigenvalue weighted by Crippen LogP contribution is -2.25. The lowest BCUT2D eigenvalue weighted by atomic mass is 9.74. The predicted molar refractivity (Wildman–Crippen MR) is 228 cm³/mol. The van der Waals surface area contributed by atoms with Crippen molar-refractivity contribution in [1.29, 1.82) is 0 Å². The number of benzene rings is 8. The Bertz CT molecular complexity index is 3660. The van der Waals surface area contributed by atoms with E-state index in [1.807, 2.05) is 24.3 Å². The van der Waals surface area contributed by atoms with Gasteiger partial charge in [0.2, 0.25) is 0 Å². The molecule has 1 aliphatic heterocycles. The molecule has 0 spiro atoms. The highest BCUT2D eigenvalue weighted by Gasteiger charge is 2.39. The van der Waals surface area contributed by atoms with Crippen LogP contribution in [0.1, 0.15) is 25.0 Å². The first kappa shape index (κ1) is 30.1. The topological polar surface area (TPSA) is 45.4 Å². The molecule has 13 rings (SSSR count). The predicted octanol–water partition coefficient (Wildman–Crippen LogP) is 14.1. The molecule has 5 heteroatoms. The van der Waals surface area contributed by atoms with Gasteiger partial charge in [0.05, 0.1) is 22.1 Å². The van der Waals surface area contributed by atoms with E-state index in [1.54, 1.807) is 0 Å². The zero-order chi connectivity index (χ0) is 36.9. The second kappa shape index (κ2) is 10.5. The van der Waals surface area contributed by atoms with Crippen LogP contribution in [-0.4, -0.2) is 9.13 Å². The normalized spacial score (nSPS) is 13.8. The molecule has 8 aromatic carbocycles. The first-order chi connectivity index (χ1) is 27.5. The summed E-state index contributed by atoms with van der Waals surface area (Å²) in [6, 6.07) is 56.1. The van der Waals surface area contributed by atoms with Crippen molar-refractivity contribution in [3.63, 3.8) is 0 Å². The Morgan fingerprint density at radius 1 is 0.411 bits per heavy atom. The minimum absolute atomic E-state index is 0.429. The number of hydrogen-bond donors (Lipinski definition) is 0. The summed E-state index contributed by atoms with van der Waals surface area (Å²) in [6.07, 6.45) is 0. The van der Waals surface area contributed by atoms with Crippen LogP contribution in [0.3, 0.4) is 0 Å². The molecule has 5 nitrogen and oxygen atoms in total. The Hall–Kier alpha value is -7.24. The smallest absolute Gasteiger partial charge is 0.156 e. The van der Waals surface area contributed by atoms with Gasteiger partial charge in [-0.05, 0) is 72.8 Å². The van der Waals surface area contributed by atoms with Gasteiger partial charge in [0.1, 0.15) is 28.1 Å². The molecule has 0 atom stereocenters. The minimum atomic E-state index is -0.429. The van der Waals surface area contributed by atoms with Crippen LogP contribution in [-0.2, 0) is 5.41 Å². The Morgan fingerprint density at radius 2 is 0.893 bits per heavy atom. The average molecular weight is 721 g/mol. The first-order valence-electron chi connectivity index (χ1n) is 19.2. The van der Waals surface area contributed by atoms with Gasteiger partial charge in [-0.25, -0.2) is 0 Å². The van der Waals surface area contributed by atoms with Gasteiger partial charge in [-0.2, -0.15) is 0 Å². The third-order valence-corrected chi connectivity index (χ3v) is 12.3. The van der Waals surface area contributed by atoms with E-state index in [0.717, 1.165) is 99.8 Å². The highest BCUT2D eigenvalue weighted by Crippen LogP contribution is 2.55. The molecule has 264 valence electrons. The van der Waals surface area contributed by atoms with Gasteiger partial charge >= 0.3 is 0 Å². The summed E-state index contributed by atoms with van der Waals surface area (Å²) in [4.78, 5) is 0. The van der Waals surface area contributed by atoms with E-state index in [-0.39, 0.29) is 0 Å². The molecule has 0 amide bonds. The van der Waals surface area contributed by atoms with Crippen LogP contribution in [0.4, 0.5) is 0 Å². The highest BCUT2D eigenvalue weighted by molar-refractivity contribution is 6.15. The van der Waals surface area contributed by atoms with Crippen molar-refractivity contribution in [2.75, 3.05) is 0 Å². The van der Waals surface area contributed by atoms with Gasteiger partial charge in [0.25, 0.3) is 0 Å². The molecule has 4 aromatic heterocycles. The molecule has 0 saturated heterocycles. The maximum atomic E-state index is 7.30. The maximum Gasteiger partial charge on any atom is 0.156 e. The van der Waals surface area contributed by atoms with Crippen LogP contribution < -0.4 is 4.74 Å². The van der Waals surface area contributed by atoms with E-state index >= 15 is 0 Å². The number of furan rings is 2. The second-order valence-electron chi connectivity index (χ2n) is 15.7. The van der Waals surface area contributed by atoms with Crippen molar-refractivity contribution in [3.8, 4) is 22.9 Å². The van der Waals surface area contributed by atoms with Crippen LogP contribution in [0.2, 0.25) is 0 Å². The number of ether oxygens (including phenoxy) is 1. The number of rotatable bonds is 2. The SMILES string of the molecule is CC1(C)c2ccc3c4ccccc4n(-c4ccc5oc6ccccc6c5c4)c3c2Oc2ccc3c4ccccc4n(-c4ccc5oc6ccccc6c5c4)c3c21. The van der Waals surface area contributed by atoms with Gasteiger partial charge in [-0.1, -0.05) is 98.8 Å². The van der Waals surface area contributed by atoms with Gasteiger partial charge in [-0.3, -0.25) is 0 Å². The molecule has 12 aromatic rings. The average Bonchev–Trinajstić information content (AvgIpc) is 3.98. The second-order valence-corrected chi connectivity index (χ2v) is 15.7. The van der Waals surface area contributed by atoms with Crippen molar-refractivity contribution in [2.24, 2.45) is 0 Å². The monoisotopic (exact) mass is 720 g/mol. The van der Waals surface area contributed by atoms with Crippen LogP contribution in [0.15, 0.2) is 167 Å². The summed E-state index contributed by atoms with van der Waals surface area (Å²) in [5, 5.41) is 9.18. The molecule has 0 bridgehead atoms. The summed E-state index contributed by atoms with van der Waals surface area (Å²) < 4.78 is 24.6. The van der Waals surface area contributed by atoms with Gasteiger partial charge in [-0.15, -0.1) is 0 Å². The van der Waals surface area contributed by atoms with Crippen molar-refractivity contribution < 1.29 is 13.6 Å². The molecule has 0 aliphatic carbocycles. The molecule has 0 N–H and O–H groups in total. The van der Waals surface area contributed by atoms with Gasteiger partial charge in [0, 0.05) is 71.0 Å². The number of aromatic nitrogens is 2. The number of hydrogen-bond acceptors (Lipinski definition) is 3. The van der Waals surface area contributed by atoms with Crippen LogP contribution in [0.5, 0.6) is 11.5 Å². The summed E-state index contributed by atoms with van der Waals surface area (Å²) in [7, 11) is 0. The fourth-order valence-corrected chi connectivity index (χ4v) is 9.84. The highest BCUT2D eigenvalue weighted by atomic mass is 16.5. The van der Waals surface area contributed by atoms with Gasteiger partial charge < -0.3 is 22.7 Å². The van der Waals surface area contributed by atoms with E-state index in [1.165, 1.54) is 21.7 Å². The lowest BCUT2D eigenvalue weighted by Gasteiger charge is -2.36. The Labute approximate surface area is 320 Å². The molecule has 56 heavy (non-hydrogen) atoms. The Balaban J connectivity index is 1.09. The standard InChI is InChI=1S/C51H32N2O3/c1-51(2)39-23-21-36-32-12-4-8-16-41(32)53(30-20-25-45-38(28-30)34-14-6-10-18-43(34)55-45)49(36)50(39)56-46-26-22-35-31-11-3-7-15-40(31)52(48(35)47(46)51)29-19-24-44-37(27-29)33-13-5-9-17-42(33)54-44/h3-28H,1-2H3. The summed E-state index contributed by atoms with van der Waals surface area (Å²) in [6.45, 7) is 4.70. The van der Waals surface area contributed by atoms with E-state index in [2.05, 4.69) is 156 Å². The molecule has 0 saturated carbocycles. The molecule has 0 unspecified atom stereocenters. The largest absolute Gasteiger partial charge is 0.456 e. The third-order valence-electron chi connectivity index (χ3n) is 12.3. The van der Waals surface area contributed by atoms with Crippen molar-refractivity contribution >= 4 is 87.5 Å². The van der Waals surface area contributed by atoms with E-state index < -0.39 is 5.41 Å². The van der Waals surface area contributed by atoms with E-state index in [9.17, 15) is 0 Å². The Morgan fingerprint density at radius 3 is 1.50 bits per heavy atom. The molecule has 0 radical (unpaired) electrons. The molecular weight excluding hydrogens is 689 g/mol. The zero-order valence-corrected chi connectivity index (χ0v) is 30.6. The van der Waals surface area contributed by atoms with E-state index in [0.29, 0.717) is 0 Å². The fourth-order valence-electron chi connectivity index (χ4n) is 9.84. The minimum Gasteiger partial charge on any atom is -0.456 e. The van der Waals surface area contributed by atoms with Crippen LogP contribution in [0, 0.1) is 0 Å². The molecule has 1 aliphatic rings. The van der Waals surface area contributed by atoms with E-state index in [4.69, 9.17) is 13.6 Å². The van der Waals surface area contributed by atoms with Crippen molar-refractivity contribution in [3.05, 3.63) is 169 Å². The van der Waals surface area contributed by atoms with Gasteiger partial charge in [0.15, 0.2) is 5.75 Å². The molecule has 5 heterocycles. The number of nitrogens with zero attached hydrogens (tertiary/aromatic N) is 2. The molecule has 0 fully saturated rings. The Kier molecular flexibility index (Phi) is 5.65. The summed E-state index contributed by atoms with van der Waals surface area (Å²) in [5.41, 5.74) is 12.1. The fraction of sp³-hybridized carbons (Fsp3) is 0.0588. The third kappa shape index (κ3) is 3.79. The van der Waals surface area contributed by atoms with Crippen LogP contribution in [0.25, 0.3) is 98.9 Å². The van der Waals surface area contributed by atoms with Crippen LogP contribution >= 0.6 is 0 Å². The first-order valence-corrected chi connectivity index (χ1v) is 19.2. The quantitative estimate of drug-likeness (QED) is 0.179. The zero-order valence-electron chi connectivity index (χ0n) is 30.6. The number of fused-ring (bicyclic) bond motifs is 16. The summed E-state index contributed by atoms with van der Waals surface area (Å²) >= 11 is 0.